The van der Waals surface area contributed by atoms with Gasteiger partial charge < -0.3 is 14.8 Å². The van der Waals surface area contributed by atoms with Crippen molar-refractivity contribution < 1.29 is 14.3 Å². The van der Waals surface area contributed by atoms with Crippen LogP contribution in [0, 0.1) is 0 Å². The lowest BCUT2D eigenvalue weighted by atomic mass is 10.0. The van der Waals surface area contributed by atoms with Crippen LogP contribution in [-0.2, 0) is 16.0 Å². The zero-order valence-corrected chi connectivity index (χ0v) is 14.0. The molecule has 0 saturated carbocycles. The molecule has 0 aromatic heterocycles. The molecule has 3 rings (SSSR count). The van der Waals surface area contributed by atoms with Gasteiger partial charge in [0.25, 0.3) is 0 Å². The molecule has 126 valence electrons. The Hall–Kier alpha value is -1.59. The molecule has 1 fully saturated rings. The summed E-state index contributed by atoms with van der Waals surface area (Å²) in [6.07, 6.45) is 4.37. The number of carbonyl (C=O) groups excluding carboxylic acids is 1. The van der Waals surface area contributed by atoms with Gasteiger partial charge >= 0.3 is 5.97 Å². The number of nitrogens with zero attached hydrogens (tertiary/aromatic N) is 1. The third-order valence-electron chi connectivity index (χ3n) is 5.05. The first kappa shape index (κ1) is 16.3. The maximum atomic E-state index is 11.3. The second-order valence-electron chi connectivity index (χ2n) is 6.41. The Morgan fingerprint density at radius 1 is 1.26 bits per heavy atom. The van der Waals surface area contributed by atoms with Crippen molar-refractivity contribution in [2.24, 2.45) is 0 Å². The van der Waals surface area contributed by atoms with Crippen molar-refractivity contribution >= 4 is 5.97 Å². The van der Waals surface area contributed by atoms with E-state index in [1.54, 1.807) is 7.11 Å². The molecule has 1 aromatic rings. The second kappa shape index (κ2) is 7.32. The molecule has 1 aliphatic heterocycles. The number of benzene rings is 1. The number of nitrogens with one attached hydrogen (secondary N) is 1. The lowest BCUT2D eigenvalue weighted by molar-refractivity contribution is -0.142. The van der Waals surface area contributed by atoms with Gasteiger partial charge in [0.05, 0.1) is 20.8 Å². The molecule has 0 radical (unpaired) electrons. The minimum Gasteiger partial charge on any atom is -0.496 e. The summed E-state index contributed by atoms with van der Waals surface area (Å²) in [5, 5.41) is 3.81. The van der Waals surface area contributed by atoms with Crippen LogP contribution in [0.4, 0.5) is 0 Å². The fourth-order valence-electron chi connectivity index (χ4n) is 3.77. The van der Waals surface area contributed by atoms with Gasteiger partial charge in [-0.1, -0.05) is 12.1 Å². The number of methoxy groups -OCH3 is 2. The molecule has 1 saturated heterocycles. The van der Waals surface area contributed by atoms with Crippen LogP contribution in [0.5, 0.6) is 5.75 Å². The van der Waals surface area contributed by atoms with E-state index in [4.69, 9.17) is 9.47 Å². The predicted molar refractivity (Wildman–Crippen MR) is 88.7 cm³/mol. The minimum absolute atomic E-state index is 0.145. The predicted octanol–water partition coefficient (Wildman–Crippen LogP) is 1.91. The normalized spacial score (nSPS) is 21.9. The van der Waals surface area contributed by atoms with Gasteiger partial charge in [-0.15, -0.1) is 0 Å². The smallest absolute Gasteiger partial charge is 0.319 e. The van der Waals surface area contributed by atoms with Gasteiger partial charge in [-0.3, -0.25) is 9.69 Å². The molecule has 1 N–H and O–H groups in total. The Morgan fingerprint density at radius 2 is 2.04 bits per heavy atom. The van der Waals surface area contributed by atoms with Gasteiger partial charge in [-0.25, -0.2) is 0 Å². The summed E-state index contributed by atoms with van der Waals surface area (Å²) in [5.41, 5.74) is 2.75. The van der Waals surface area contributed by atoms with E-state index in [2.05, 4.69) is 22.3 Å². The molecule has 1 heterocycles. The van der Waals surface area contributed by atoms with Gasteiger partial charge in [-0.05, 0) is 42.9 Å². The topological polar surface area (TPSA) is 50.8 Å². The van der Waals surface area contributed by atoms with E-state index in [9.17, 15) is 4.79 Å². The molecule has 5 nitrogen and oxygen atoms in total. The molecule has 1 aromatic carbocycles. The van der Waals surface area contributed by atoms with E-state index < -0.39 is 0 Å². The monoisotopic (exact) mass is 318 g/mol. The summed E-state index contributed by atoms with van der Waals surface area (Å²) in [6, 6.07) is 7.29. The summed E-state index contributed by atoms with van der Waals surface area (Å²) in [4.78, 5) is 13.5. The molecule has 1 unspecified atom stereocenters. The number of likely N-dealkylation sites (tertiary alicyclic amines) is 1. The van der Waals surface area contributed by atoms with Crippen molar-refractivity contribution in [2.75, 3.05) is 33.9 Å². The second-order valence-corrected chi connectivity index (χ2v) is 6.41. The van der Waals surface area contributed by atoms with Gasteiger partial charge in [0.2, 0.25) is 0 Å². The number of rotatable bonds is 5. The molecule has 0 spiro atoms. The fraction of sp³-hybridized carbons (Fsp3) is 0.611. The minimum atomic E-state index is -0.145. The van der Waals surface area contributed by atoms with E-state index in [0.717, 1.165) is 44.5 Å². The SMILES string of the molecule is COC(=O)CN1CCC(NC2CCc3c(OC)cccc32)CC1. The quantitative estimate of drug-likeness (QED) is 0.841. The maximum absolute atomic E-state index is 11.3. The van der Waals surface area contributed by atoms with Gasteiger partial charge in [0.1, 0.15) is 5.75 Å². The molecule has 0 bridgehead atoms. The highest BCUT2D eigenvalue weighted by atomic mass is 16.5. The van der Waals surface area contributed by atoms with E-state index in [1.807, 2.05) is 6.07 Å². The molecule has 1 aliphatic carbocycles. The number of piperidine rings is 1. The lowest BCUT2D eigenvalue weighted by Gasteiger charge is -2.33. The Balaban J connectivity index is 1.54. The highest BCUT2D eigenvalue weighted by Gasteiger charge is 2.28. The van der Waals surface area contributed by atoms with Gasteiger partial charge in [-0.2, -0.15) is 0 Å². The Kier molecular flexibility index (Phi) is 5.18. The molecule has 0 amide bonds. The van der Waals surface area contributed by atoms with E-state index in [-0.39, 0.29) is 5.97 Å². The molecule has 23 heavy (non-hydrogen) atoms. The summed E-state index contributed by atoms with van der Waals surface area (Å²) in [5.74, 6) is 0.868. The molecule has 5 heteroatoms. The number of esters is 1. The molecule has 2 aliphatic rings. The highest BCUT2D eigenvalue weighted by Crippen LogP contribution is 2.37. The van der Waals surface area contributed by atoms with Crippen LogP contribution in [0.15, 0.2) is 18.2 Å². The van der Waals surface area contributed by atoms with Crippen LogP contribution in [0.2, 0.25) is 0 Å². The largest absolute Gasteiger partial charge is 0.496 e. The van der Waals surface area contributed by atoms with E-state index in [0.29, 0.717) is 18.6 Å². The zero-order chi connectivity index (χ0) is 16.2. The first-order valence-corrected chi connectivity index (χ1v) is 8.42. The van der Waals surface area contributed by atoms with E-state index in [1.165, 1.54) is 18.2 Å². The average molecular weight is 318 g/mol. The van der Waals surface area contributed by atoms with Crippen molar-refractivity contribution in [3.8, 4) is 5.75 Å². The van der Waals surface area contributed by atoms with Crippen LogP contribution in [0.1, 0.15) is 36.4 Å². The number of hydrogen-bond acceptors (Lipinski definition) is 5. The van der Waals surface area contributed by atoms with E-state index >= 15 is 0 Å². The van der Waals surface area contributed by atoms with Gasteiger partial charge in [0, 0.05) is 25.2 Å². The summed E-state index contributed by atoms with van der Waals surface area (Å²) >= 11 is 0. The fourth-order valence-corrected chi connectivity index (χ4v) is 3.77. The Bertz CT molecular complexity index is 553. The van der Waals surface area contributed by atoms with Crippen molar-refractivity contribution in [1.82, 2.24) is 10.2 Å². The Morgan fingerprint density at radius 3 is 2.74 bits per heavy atom. The maximum Gasteiger partial charge on any atom is 0.319 e. The lowest BCUT2D eigenvalue weighted by Crippen LogP contribution is -2.45. The Labute approximate surface area is 137 Å². The first-order valence-electron chi connectivity index (χ1n) is 8.42. The summed E-state index contributed by atoms with van der Waals surface area (Å²) < 4.78 is 10.2. The average Bonchev–Trinajstić information content (AvgIpc) is 2.99. The first-order chi connectivity index (χ1) is 11.2. The molecular weight excluding hydrogens is 292 g/mol. The number of hydrogen-bond donors (Lipinski definition) is 1. The van der Waals surface area contributed by atoms with Crippen LogP contribution < -0.4 is 10.1 Å². The molecular formula is C18H26N2O3. The van der Waals surface area contributed by atoms with Crippen molar-refractivity contribution in [3.63, 3.8) is 0 Å². The van der Waals surface area contributed by atoms with Crippen molar-refractivity contribution in [1.29, 1.82) is 0 Å². The third kappa shape index (κ3) is 3.67. The zero-order valence-electron chi connectivity index (χ0n) is 14.0. The van der Waals surface area contributed by atoms with Crippen LogP contribution >= 0.6 is 0 Å². The van der Waals surface area contributed by atoms with Gasteiger partial charge in [0.15, 0.2) is 0 Å². The molecule has 1 atom stereocenters. The van der Waals surface area contributed by atoms with Crippen LogP contribution in [-0.4, -0.2) is 50.8 Å². The summed E-state index contributed by atoms with van der Waals surface area (Å²) in [6.45, 7) is 2.31. The highest BCUT2D eigenvalue weighted by molar-refractivity contribution is 5.71. The van der Waals surface area contributed by atoms with Crippen LogP contribution in [0.25, 0.3) is 0 Å². The number of carbonyl (C=O) groups is 1. The van der Waals surface area contributed by atoms with Crippen molar-refractivity contribution in [3.05, 3.63) is 29.3 Å². The number of ether oxygens (including phenoxy) is 2. The summed E-state index contributed by atoms with van der Waals surface area (Å²) in [7, 11) is 3.19. The number of fused-ring (bicyclic) bond motifs is 1. The standard InChI is InChI=1S/C18H26N2O3/c1-22-17-5-3-4-14-15(17)6-7-16(14)19-13-8-10-20(11-9-13)12-18(21)23-2/h3-5,13,16,19H,6-12H2,1-2H3. The third-order valence-corrected chi connectivity index (χ3v) is 5.05. The van der Waals surface area contributed by atoms with Crippen LogP contribution in [0.3, 0.4) is 0 Å². The van der Waals surface area contributed by atoms with Crippen molar-refractivity contribution in [2.45, 2.75) is 37.8 Å².